The van der Waals surface area contributed by atoms with Crippen molar-refractivity contribution in [3.8, 4) is 0 Å². The normalized spacial score (nSPS) is 13.5. The molecule has 8 nitrogen and oxygen atoms in total. The van der Waals surface area contributed by atoms with Gasteiger partial charge in [-0.05, 0) is 37.7 Å². The molecule has 0 saturated carbocycles. The van der Waals surface area contributed by atoms with Gasteiger partial charge in [0.2, 0.25) is 11.8 Å². The Hall–Kier alpha value is -2.71. The molecule has 2 rings (SSSR count). The first-order valence-corrected chi connectivity index (χ1v) is 15.7. The van der Waals surface area contributed by atoms with Crippen LogP contribution < -0.4 is 5.32 Å². The number of nitrogens with zero attached hydrogens (tertiary/aromatic N) is 4. The van der Waals surface area contributed by atoms with Gasteiger partial charge >= 0.3 is 0 Å². The Morgan fingerprint density at radius 2 is 1.51 bits per heavy atom. The van der Waals surface area contributed by atoms with Crippen LogP contribution in [0.1, 0.15) is 57.7 Å². The molecule has 1 heterocycles. The number of carbonyl (C=O) groups excluding carboxylic acids is 2. The molecular weight excluding hydrogens is 512 g/mol. The van der Waals surface area contributed by atoms with E-state index in [1.807, 2.05) is 18.2 Å². The van der Waals surface area contributed by atoms with Crippen LogP contribution in [-0.2, 0) is 22.4 Å². The largest absolute Gasteiger partial charge is 0.355 e. The second kappa shape index (κ2) is 17.3. The average molecular weight is 571 g/mol. The summed E-state index contributed by atoms with van der Waals surface area (Å²) < 4.78 is 1.79. The first-order chi connectivity index (χ1) is 19.5. The third-order valence-electron chi connectivity index (χ3n) is 8.28. The van der Waals surface area contributed by atoms with Gasteiger partial charge in [-0.2, -0.15) is 0 Å². The second-order valence-electron chi connectivity index (χ2n) is 12.9. The van der Waals surface area contributed by atoms with Crippen molar-refractivity contribution in [2.75, 3.05) is 74.0 Å². The van der Waals surface area contributed by atoms with Crippen LogP contribution in [0.3, 0.4) is 0 Å². The Labute approximate surface area is 249 Å². The van der Waals surface area contributed by atoms with Crippen molar-refractivity contribution >= 4 is 11.8 Å². The van der Waals surface area contributed by atoms with E-state index in [1.165, 1.54) is 0 Å². The fourth-order valence-corrected chi connectivity index (χ4v) is 5.67. The highest BCUT2D eigenvalue weighted by molar-refractivity contribution is 5.82. The number of hydrogen-bond acceptors (Lipinski definition) is 3. The summed E-state index contributed by atoms with van der Waals surface area (Å²) in [6, 6.07) is 10.3. The summed E-state index contributed by atoms with van der Waals surface area (Å²) in [5.74, 6) is -0.239. The third-order valence-corrected chi connectivity index (χ3v) is 8.28. The summed E-state index contributed by atoms with van der Waals surface area (Å²) in [7, 11) is 9.02. The van der Waals surface area contributed by atoms with E-state index in [0.717, 1.165) is 72.3 Å². The molecule has 0 aliphatic heterocycles. The molecule has 8 heteroatoms. The van der Waals surface area contributed by atoms with Gasteiger partial charge in [0.1, 0.15) is 0 Å². The molecule has 2 unspecified atom stereocenters. The number of amides is 2. The zero-order valence-electron chi connectivity index (χ0n) is 27.0. The van der Waals surface area contributed by atoms with Crippen molar-refractivity contribution in [2.45, 2.75) is 59.3 Å². The highest BCUT2D eigenvalue weighted by Crippen LogP contribution is 2.23. The number of aromatic amines is 1. The van der Waals surface area contributed by atoms with Crippen molar-refractivity contribution in [3.63, 3.8) is 0 Å². The third kappa shape index (κ3) is 12.8. The number of H-pyrrole nitrogens is 1. The Kier molecular flexibility index (Phi) is 14.5. The van der Waals surface area contributed by atoms with E-state index in [0.29, 0.717) is 32.2 Å². The molecule has 2 atom stereocenters. The minimum atomic E-state index is -0.246. The molecule has 0 fully saturated rings. The van der Waals surface area contributed by atoms with Gasteiger partial charge in [-0.25, -0.2) is 4.98 Å². The maximum Gasteiger partial charge on any atom is 0.226 e. The summed E-state index contributed by atoms with van der Waals surface area (Å²) in [6.07, 6.45) is 8.29. The first kappa shape index (κ1) is 34.5. The Morgan fingerprint density at radius 1 is 0.902 bits per heavy atom. The number of imidazole rings is 1. The van der Waals surface area contributed by atoms with E-state index in [2.05, 4.69) is 81.3 Å². The average Bonchev–Trinajstić information content (AvgIpc) is 3.44. The van der Waals surface area contributed by atoms with E-state index in [4.69, 9.17) is 0 Å². The van der Waals surface area contributed by atoms with Gasteiger partial charge in [0, 0.05) is 36.7 Å². The van der Waals surface area contributed by atoms with Crippen molar-refractivity contribution in [1.82, 2.24) is 20.2 Å². The molecule has 0 radical (unpaired) electrons. The number of nitrogens with one attached hydrogen (secondary N) is 2. The lowest BCUT2D eigenvalue weighted by molar-refractivity contribution is -0.892. The molecule has 0 aliphatic carbocycles. The lowest BCUT2D eigenvalue weighted by atomic mass is 9.86. The molecule has 2 aromatic rings. The number of carbonyl (C=O) groups is 2. The molecule has 2 amide bonds. The molecule has 2 N–H and O–H groups in total. The van der Waals surface area contributed by atoms with Crippen molar-refractivity contribution in [3.05, 3.63) is 54.1 Å². The van der Waals surface area contributed by atoms with Gasteiger partial charge in [-0.1, -0.05) is 51.1 Å². The van der Waals surface area contributed by atoms with Crippen molar-refractivity contribution < 1.29 is 18.6 Å². The SMILES string of the molecule is CCC[N+](C)(C)CCN(CC[N+](C)(C)CCC)C(=O)C(Cc1ccccc1)CC(CC)C(=O)NCCc1cnc[nH]1. The minimum Gasteiger partial charge on any atom is -0.355 e. The van der Waals surface area contributed by atoms with Crippen LogP contribution in [0, 0.1) is 11.8 Å². The van der Waals surface area contributed by atoms with Gasteiger partial charge in [-0.15, -0.1) is 0 Å². The topological polar surface area (TPSA) is 78.1 Å². The van der Waals surface area contributed by atoms with Crippen LogP contribution in [-0.4, -0.2) is 110 Å². The Bertz CT molecular complexity index is 984. The molecule has 0 saturated heterocycles. The molecule has 1 aromatic heterocycles. The molecule has 1 aromatic carbocycles. The first-order valence-electron chi connectivity index (χ1n) is 15.7. The van der Waals surface area contributed by atoms with Crippen LogP contribution in [0.2, 0.25) is 0 Å². The highest BCUT2D eigenvalue weighted by Gasteiger charge is 2.32. The predicted molar refractivity (Wildman–Crippen MR) is 168 cm³/mol. The highest BCUT2D eigenvalue weighted by atomic mass is 16.2. The second-order valence-corrected chi connectivity index (χ2v) is 12.9. The van der Waals surface area contributed by atoms with Crippen LogP contribution in [0.15, 0.2) is 42.9 Å². The summed E-state index contributed by atoms with van der Waals surface area (Å²) in [5.41, 5.74) is 2.14. The molecule has 41 heavy (non-hydrogen) atoms. The van der Waals surface area contributed by atoms with Gasteiger partial charge < -0.3 is 24.2 Å². The number of hydrogen-bond donors (Lipinski definition) is 2. The Morgan fingerprint density at radius 3 is 2.02 bits per heavy atom. The van der Waals surface area contributed by atoms with Crippen LogP contribution >= 0.6 is 0 Å². The monoisotopic (exact) mass is 570 g/mol. The smallest absolute Gasteiger partial charge is 0.226 e. The standard InChI is InChI=1S/C33H57N6O2/c1-8-20-38(4,5)22-18-37(19-23-39(6,7)21-9-2)33(41)30(24-28-14-12-11-13-15-28)25-29(10-3)32(40)35-17-16-31-26-34-27-36-31/h11-15,26-27,29-30H,8-10,16-25H2,1-7H3,(H-,34,35,36,40)/q+1/p+1. The van der Waals surface area contributed by atoms with Gasteiger partial charge in [0.05, 0.1) is 73.8 Å². The lowest BCUT2D eigenvalue weighted by Crippen LogP contribution is -2.52. The van der Waals surface area contributed by atoms with Crippen LogP contribution in [0.4, 0.5) is 0 Å². The Balaban J connectivity index is 2.23. The number of quaternary nitrogens is 2. The zero-order valence-corrected chi connectivity index (χ0v) is 27.0. The number of likely N-dealkylation sites (N-methyl/N-ethyl adjacent to an activating group) is 2. The number of aromatic nitrogens is 2. The lowest BCUT2D eigenvalue weighted by Gasteiger charge is -2.36. The summed E-state index contributed by atoms with van der Waals surface area (Å²) in [5, 5.41) is 3.11. The summed E-state index contributed by atoms with van der Waals surface area (Å²) in [4.78, 5) is 36.9. The molecular formula is C33H58N6O2+2. The van der Waals surface area contributed by atoms with Gasteiger partial charge in [0.15, 0.2) is 0 Å². The summed E-state index contributed by atoms with van der Waals surface area (Å²) in [6.45, 7) is 12.5. The van der Waals surface area contributed by atoms with Gasteiger partial charge in [-0.3, -0.25) is 9.59 Å². The van der Waals surface area contributed by atoms with E-state index in [9.17, 15) is 9.59 Å². The van der Waals surface area contributed by atoms with E-state index >= 15 is 0 Å². The molecule has 230 valence electrons. The molecule has 0 aliphatic rings. The fourth-order valence-electron chi connectivity index (χ4n) is 5.67. The number of rotatable bonds is 20. The van der Waals surface area contributed by atoms with Crippen LogP contribution in [0.25, 0.3) is 0 Å². The predicted octanol–water partition coefficient (Wildman–Crippen LogP) is 4.15. The van der Waals surface area contributed by atoms with E-state index in [-0.39, 0.29) is 23.7 Å². The van der Waals surface area contributed by atoms with Crippen molar-refractivity contribution in [1.29, 1.82) is 0 Å². The number of benzene rings is 1. The molecule has 0 spiro atoms. The van der Waals surface area contributed by atoms with Crippen molar-refractivity contribution in [2.24, 2.45) is 11.8 Å². The quantitative estimate of drug-likeness (QED) is 0.235. The zero-order chi connectivity index (χ0) is 30.3. The maximum absolute atomic E-state index is 14.4. The summed E-state index contributed by atoms with van der Waals surface area (Å²) >= 11 is 0. The molecule has 0 bridgehead atoms. The maximum atomic E-state index is 14.4. The fraction of sp³-hybridized carbons (Fsp3) is 0.667. The minimum absolute atomic E-state index is 0.0333. The van der Waals surface area contributed by atoms with E-state index < -0.39 is 0 Å². The van der Waals surface area contributed by atoms with Gasteiger partial charge in [0.25, 0.3) is 0 Å². The van der Waals surface area contributed by atoms with E-state index in [1.54, 1.807) is 12.5 Å². The van der Waals surface area contributed by atoms with Crippen LogP contribution in [0.5, 0.6) is 0 Å².